The highest BCUT2D eigenvalue weighted by Gasteiger charge is 1.60. The minimum atomic E-state index is -0.833. The fourth-order valence-corrected chi connectivity index (χ4v) is 0. The Morgan fingerprint density at radius 3 is 1.17 bits per heavy atom. The average Bonchev–Trinajstić information content (AvgIpc) is 0.811. The lowest BCUT2D eigenvalue weighted by Gasteiger charge is -1.62. The van der Waals surface area contributed by atoms with Gasteiger partial charge in [-0.05, 0) is 0 Å². The molecule has 5 nitrogen and oxygen atoms in total. The number of carbonyl (C=O) groups excluding carboxylic acids is 1. The number of rotatable bonds is 0. The van der Waals surface area contributed by atoms with Crippen molar-refractivity contribution in [1.29, 1.82) is 0 Å². The molecule has 0 aromatic heterocycles. The molecule has 0 aromatic rings. The van der Waals surface area contributed by atoms with Crippen LogP contribution in [0.4, 0.5) is 4.79 Å². The van der Waals surface area contributed by atoms with Crippen LogP contribution >= 0.6 is 0 Å². The van der Waals surface area contributed by atoms with Gasteiger partial charge in [-0.3, -0.25) is 0 Å². The highest BCUT2D eigenvalue weighted by Crippen LogP contribution is 1.25. The van der Waals surface area contributed by atoms with Crippen molar-refractivity contribution in [3.8, 4) is 0 Å². The van der Waals surface area contributed by atoms with E-state index in [1.807, 2.05) is 0 Å². The molecule has 0 bridgehead atoms. The van der Waals surface area contributed by atoms with Crippen LogP contribution in [0.25, 0.3) is 0 Å². The Morgan fingerprint density at radius 1 is 1.17 bits per heavy atom. The Labute approximate surface area is 35.9 Å². The topological polar surface area (TPSA) is 139 Å². The maximum absolute atomic E-state index is 9.00. The molecule has 0 radical (unpaired) electrons. The number of hydrogen-bond donors (Lipinski definition) is 4. The third-order valence-electron chi connectivity index (χ3n) is 0. The van der Waals surface area contributed by atoms with E-state index in [-0.39, 0.29) is 12.3 Å². The monoisotopic (exact) mass is 94.1 g/mol. The lowest BCUT2D eigenvalue weighted by molar-refractivity contribution is 0.256. The van der Waals surface area contributed by atoms with Crippen molar-refractivity contribution in [2.75, 3.05) is 0 Å². The summed E-state index contributed by atoms with van der Waals surface area (Å²) in [6, 6.07) is -0.833. The van der Waals surface area contributed by atoms with Crippen molar-refractivity contribution in [3.05, 3.63) is 0 Å². The first-order valence-corrected chi connectivity index (χ1v) is 0.781. The van der Waals surface area contributed by atoms with Crippen LogP contribution in [0.1, 0.15) is 0 Å². The van der Waals surface area contributed by atoms with Crippen LogP contribution in [0.2, 0.25) is 0 Å². The second kappa shape index (κ2) is 8.89. The van der Waals surface area contributed by atoms with Crippen LogP contribution in [-0.4, -0.2) is 6.03 Å². The summed E-state index contributed by atoms with van der Waals surface area (Å²) in [5.74, 6) is 0. The first kappa shape index (κ1) is 19.0. The summed E-state index contributed by atoms with van der Waals surface area (Å²) >= 11 is 0. The molecule has 0 saturated carbocycles. The molecule has 6 heavy (non-hydrogen) atoms. The molecule has 2 amide bonds. The fraction of sp³-hybridized carbons (Fsp3) is 0. The van der Waals surface area contributed by atoms with E-state index in [0.717, 1.165) is 0 Å². The zero-order valence-electron chi connectivity index (χ0n) is 3.48. The number of hydrogen-bond acceptors (Lipinski definition) is 3. The molecule has 5 heteroatoms. The van der Waals surface area contributed by atoms with Crippen LogP contribution in [0, 0.1) is 0 Å². The van der Waals surface area contributed by atoms with Crippen molar-refractivity contribution in [1.82, 2.24) is 12.3 Å². The number of carbonyl (C=O) groups is 1. The Morgan fingerprint density at radius 2 is 1.17 bits per heavy atom. The molecule has 0 aliphatic rings. The van der Waals surface area contributed by atoms with Crippen LogP contribution in [0.3, 0.4) is 0 Å². The van der Waals surface area contributed by atoms with Gasteiger partial charge in [0.05, 0.1) is 0 Å². The van der Waals surface area contributed by atoms with Gasteiger partial charge in [0, 0.05) is 0 Å². The third-order valence-corrected chi connectivity index (χ3v) is 0. The second-order valence-corrected chi connectivity index (χ2v) is 0.402. The minimum absolute atomic E-state index is 0. The molecule has 0 aromatic carbocycles. The highest BCUT2D eigenvalue weighted by atomic mass is 16.2. The number of amides is 2. The summed E-state index contributed by atoms with van der Waals surface area (Å²) in [7, 11) is 0. The van der Waals surface area contributed by atoms with Gasteiger partial charge in [0.25, 0.3) is 0 Å². The summed E-state index contributed by atoms with van der Waals surface area (Å²) in [5, 5.41) is 0. The Balaban J connectivity index is -0.0000000450. The predicted molar refractivity (Wildman–Crippen MR) is 23.8 cm³/mol. The molecular weight excluding hydrogens is 84.0 g/mol. The molecule has 0 unspecified atom stereocenters. The van der Waals surface area contributed by atoms with E-state index in [2.05, 4.69) is 11.5 Å². The van der Waals surface area contributed by atoms with Gasteiger partial charge in [-0.2, -0.15) is 0 Å². The molecule has 0 saturated heterocycles. The van der Waals surface area contributed by atoms with Crippen LogP contribution in [-0.2, 0) is 0 Å². The van der Waals surface area contributed by atoms with E-state index >= 15 is 0 Å². The van der Waals surface area contributed by atoms with Crippen molar-refractivity contribution in [2.24, 2.45) is 11.5 Å². The Hall–Kier alpha value is -0.810. The zero-order valence-corrected chi connectivity index (χ0v) is 3.48. The van der Waals surface area contributed by atoms with Crippen LogP contribution in [0.5, 0.6) is 0 Å². The first-order chi connectivity index (χ1) is 1.73. The van der Waals surface area contributed by atoms with Crippen molar-refractivity contribution >= 4 is 6.03 Å². The molecule has 0 spiro atoms. The maximum atomic E-state index is 9.00. The zero-order chi connectivity index (χ0) is 3.58. The normalized spacial score (nSPS) is 4.00. The summed E-state index contributed by atoms with van der Waals surface area (Å²) < 4.78 is 0. The summed E-state index contributed by atoms with van der Waals surface area (Å²) in [4.78, 5) is 9.00. The van der Waals surface area contributed by atoms with Gasteiger partial charge in [0.15, 0.2) is 0 Å². The average molecular weight is 94.1 g/mol. The lowest BCUT2D eigenvalue weighted by atomic mass is 11.2. The Bertz CT molecular complexity index is 30.5. The number of nitrogens with two attached hydrogens (primary N) is 2. The summed E-state index contributed by atoms with van der Waals surface area (Å²) in [6.07, 6.45) is 0. The molecule has 10 N–H and O–H groups in total. The van der Waals surface area contributed by atoms with E-state index in [9.17, 15) is 0 Å². The maximum Gasteiger partial charge on any atom is 0.309 e. The second-order valence-electron chi connectivity index (χ2n) is 0.402. The van der Waals surface area contributed by atoms with Crippen molar-refractivity contribution in [2.45, 2.75) is 0 Å². The summed E-state index contributed by atoms with van der Waals surface area (Å²) in [5.41, 5.74) is 8.50. The van der Waals surface area contributed by atoms with Gasteiger partial charge in [0.2, 0.25) is 0 Å². The first-order valence-electron chi connectivity index (χ1n) is 0.781. The molecule has 0 aliphatic carbocycles. The smallest absolute Gasteiger partial charge is 0.309 e. The van der Waals surface area contributed by atoms with Gasteiger partial charge >= 0.3 is 6.03 Å². The molecular formula is CH10N4O. The predicted octanol–water partition coefficient (Wildman–Crippen LogP) is -0.652. The molecule has 0 aliphatic heterocycles. The Kier molecular flexibility index (Phi) is 28.1. The van der Waals surface area contributed by atoms with Gasteiger partial charge in [-0.15, -0.1) is 0 Å². The molecule has 0 rings (SSSR count). The van der Waals surface area contributed by atoms with E-state index in [0.29, 0.717) is 0 Å². The third kappa shape index (κ3) is 23.3. The quantitative estimate of drug-likeness (QED) is 0.317. The van der Waals surface area contributed by atoms with Crippen LogP contribution < -0.4 is 23.8 Å². The number of urea groups is 1. The SMILES string of the molecule is N.N.NC(N)=O. The van der Waals surface area contributed by atoms with Gasteiger partial charge in [-0.25, -0.2) is 4.79 Å². The fourth-order valence-electron chi connectivity index (χ4n) is 0. The molecule has 40 valence electrons. The molecule has 0 heterocycles. The number of primary amides is 2. The standard InChI is InChI=1S/CH4N2O.2H3N/c2-1(3)4;;/h(H4,2,3,4);2*1H3. The summed E-state index contributed by atoms with van der Waals surface area (Å²) in [6.45, 7) is 0. The largest absolute Gasteiger partial charge is 0.352 e. The van der Waals surface area contributed by atoms with Crippen molar-refractivity contribution in [3.63, 3.8) is 0 Å². The lowest BCUT2D eigenvalue weighted by Crippen LogP contribution is -2.18. The molecule has 0 atom stereocenters. The van der Waals surface area contributed by atoms with E-state index in [4.69, 9.17) is 4.79 Å². The molecule has 0 fully saturated rings. The van der Waals surface area contributed by atoms with Gasteiger partial charge < -0.3 is 23.8 Å². The minimum Gasteiger partial charge on any atom is -0.352 e. The highest BCUT2D eigenvalue weighted by molar-refractivity contribution is 5.69. The van der Waals surface area contributed by atoms with Crippen molar-refractivity contribution < 1.29 is 4.79 Å². The van der Waals surface area contributed by atoms with Gasteiger partial charge in [0.1, 0.15) is 0 Å². The van der Waals surface area contributed by atoms with E-state index < -0.39 is 6.03 Å². The van der Waals surface area contributed by atoms with Gasteiger partial charge in [-0.1, -0.05) is 0 Å². The van der Waals surface area contributed by atoms with Crippen LogP contribution in [0.15, 0.2) is 0 Å². The van der Waals surface area contributed by atoms with E-state index in [1.54, 1.807) is 0 Å². The van der Waals surface area contributed by atoms with E-state index in [1.165, 1.54) is 0 Å².